The quantitative estimate of drug-likeness (QED) is 0.732. The maximum atomic E-state index is 12.6. The molecule has 0 aliphatic carbocycles. The van der Waals surface area contributed by atoms with E-state index in [-0.39, 0.29) is 29.7 Å². The molecule has 2 aromatic carbocycles. The molecule has 1 N–H and O–H groups in total. The second-order valence-electron chi connectivity index (χ2n) is 7.14. The van der Waals surface area contributed by atoms with Gasteiger partial charge >= 0.3 is 5.97 Å². The van der Waals surface area contributed by atoms with Crippen LogP contribution in [0.5, 0.6) is 0 Å². The smallest absolute Gasteiger partial charge is 0.338 e. The molecule has 2 aromatic rings. The number of carbonyl (C=O) groups is 3. The molecule has 2 amide bonds. The summed E-state index contributed by atoms with van der Waals surface area (Å²) in [5, 5.41) is 2.61. The molecule has 1 heterocycles. The van der Waals surface area contributed by atoms with E-state index in [0.717, 1.165) is 10.5 Å². The molecule has 1 aliphatic rings. The second kappa shape index (κ2) is 9.13. The zero-order valence-electron chi connectivity index (χ0n) is 16.7. The molecule has 1 atom stereocenters. The predicted molar refractivity (Wildman–Crippen MR) is 113 cm³/mol. The minimum atomic E-state index is -0.595. The highest BCUT2D eigenvalue weighted by molar-refractivity contribution is 8.00. The Kier molecular flexibility index (Phi) is 6.59. The van der Waals surface area contributed by atoms with Crippen molar-refractivity contribution in [3.63, 3.8) is 0 Å². The van der Waals surface area contributed by atoms with E-state index in [1.165, 1.54) is 11.8 Å². The van der Waals surface area contributed by atoms with Gasteiger partial charge in [0.2, 0.25) is 5.91 Å². The van der Waals surface area contributed by atoms with E-state index in [9.17, 15) is 14.4 Å². The van der Waals surface area contributed by atoms with Crippen molar-refractivity contribution in [2.75, 3.05) is 11.9 Å². The standard InChI is InChI=1S/C22H24N2O4S/c1-14(2)24(12-16-7-5-4-6-8-16)20(25)13-28-22(27)17-9-10-19-18(11-17)23-21(26)15(3)29-19/h4-11,14-15H,12-13H2,1-3H3,(H,23,26)/t15-/m0/s1. The van der Waals surface area contributed by atoms with E-state index >= 15 is 0 Å². The number of thioether (sulfide) groups is 1. The molecule has 0 aromatic heterocycles. The number of nitrogens with one attached hydrogen (secondary N) is 1. The molecule has 0 bridgehead atoms. The summed E-state index contributed by atoms with van der Waals surface area (Å²) < 4.78 is 5.25. The van der Waals surface area contributed by atoms with Crippen molar-refractivity contribution in [2.24, 2.45) is 0 Å². The van der Waals surface area contributed by atoms with Crippen LogP contribution in [-0.4, -0.2) is 40.6 Å². The number of ether oxygens (including phenoxy) is 1. The van der Waals surface area contributed by atoms with Gasteiger partial charge in [0.25, 0.3) is 5.91 Å². The van der Waals surface area contributed by atoms with Gasteiger partial charge in [0.1, 0.15) is 0 Å². The molecule has 0 saturated heterocycles. The van der Waals surface area contributed by atoms with Gasteiger partial charge < -0.3 is 15.0 Å². The largest absolute Gasteiger partial charge is 0.452 e. The Morgan fingerprint density at radius 3 is 2.59 bits per heavy atom. The van der Waals surface area contributed by atoms with Crippen LogP contribution in [0.2, 0.25) is 0 Å². The lowest BCUT2D eigenvalue weighted by Gasteiger charge is -2.26. The van der Waals surface area contributed by atoms with Crippen molar-refractivity contribution in [1.82, 2.24) is 4.90 Å². The number of hydrogen-bond acceptors (Lipinski definition) is 5. The van der Waals surface area contributed by atoms with Gasteiger partial charge in [-0.3, -0.25) is 9.59 Å². The number of esters is 1. The molecule has 0 radical (unpaired) electrons. The van der Waals surface area contributed by atoms with Crippen molar-refractivity contribution in [1.29, 1.82) is 0 Å². The number of amides is 2. The average molecular weight is 413 g/mol. The predicted octanol–water partition coefficient (Wildman–Crippen LogP) is 3.71. The van der Waals surface area contributed by atoms with Crippen molar-refractivity contribution >= 4 is 35.2 Å². The lowest BCUT2D eigenvalue weighted by atomic mass is 10.2. The second-order valence-corrected chi connectivity index (χ2v) is 8.52. The van der Waals surface area contributed by atoms with E-state index in [4.69, 9.17) is 4.74 Å². The zero-order valence-corrected chi connectivity index (χ0v) is 17.5. The highest BCUT2D eigenvalue weighted by Crippen LogP contribution is 2.36. The summed E-state index contributed by atoms with van der Waals surface area (Å²) in [6.45, 7) is 5.79. The number of anilines is 1. The van der Waals surface area contributed by atoms with E-state index in [1.54, 1.807) is 23.1 Å². The van der Waals surface area contributed by atoms with Crippen LogP contribution in [-0.2, 0) is 20.9 Å². The Balaban J connectivity index is 1.62. The Labute approximate surface area is 174 Å². The summed E-state index contributed by atoms with van der Waals surface area (Å²) in [7, 11) is 0. The molecule has 3 rings (SSSR count). The van der Waals surface area contributed by atoms with Crippen molar-refractivity contribution in [2.45, 2.75) is 43.5 Å². The number of fused-ring (bicyclic) bond motifs is 1. The van der Waals surface area contributed by atoms with Gasteiger partial charge in [-0.05, 0) is 44.5 Å². The summed E-state index contributed by atoms with van der Waals surface area (Å²) in [6.07, 6.45) is 0. The molecule has 0 fully saturated rings. The number of rotatable bonds is 6. The summed E-state index contributed by atoms with van der Waals surface area (Å²) >= 11 is 1.44. The van der Waals surface area contributed by atoms with Crippen LogP contribution in [0.4, 0.5) is 5.69 Å². The molecule has 0 unspecified atom stereocenters. The van der Waals surface area contributed by atoms with Gasteiger partial charge in [0.15, 0.2) is 6.61 Å². The summed E-state index contributed by atoms with van der Waals surface area (Å²) in [5.41, 5.74) is 1.90. The summed E-state index contributed by atoms with van der Waals surface area (Å²) in [4.78, 5) is 39.5. The maximum absolute atomic E-state index is 12.6. The van der Waals surface area contributed by atoms with Gasteiger partial charge in [-0.1, -0.05) is 30.3 Å². The molecule has 7 heteroatoms. The third-order valence-electron chi connectivity index (χ3n) is 4.61. The number of hydrogen-bond donors (Lipinski definition) is 1. The first-order chi connectivity index (χ1) is 13.8. The highest BCUT2D eigenvalue weighted by Gasteiger charge is 2.24. The van der Waals surface area contributed by atoms with Gasteiger partial charge in [-0.2, -0.15) is 0 Å². The fourth-order valence-corrected chi connectivity index (χ4v) is 3.90. The SMILES string of the molecule is CC(C)N(Cc1ccccc1)C(=O)COC(=O)c1ccc2c(c1)NC(=O)[C@H](C)S2. The topological polar surface area (TPSA) is 75.7 Å². The summed E-state index contributed by atoms with van der Waals surface area (Å²) in [5.74, 6) is -0.952. The van der Waals surface area contributed by atoms with Gasteiger partial charge in [0, 0.05) is 17.5 Å². The van der Waals surface area contributed by atoms with Gasteiger partial charge in [-0.25, -0.2) is 4.79 Å². The van der Waals surface area contributed by atoms with Crippen molar-refractivity contribution in [3.8, 4) is 0 Å². The third-order valence-corrected chi connectivity index (χ3v) is 5.79. The summed E-state index contributed by atoms with van der Waals surface area (Å²) in [6, 6.07) is 14.7. The molecule has 6 nitrogen and oxygen atoms in total. The van der Waals surface area contributed by atoms with E-state index in [0.29, 0.717) is 17.8 Å². The first-order valence-electron chi connectivity index (χ1n) is 9.47. The van der Waals surface area contributed by atoms with Crippen LogP contribution >= 0.6 is 11.8 Å². The normalized spacial score (nSPS) is 15.4. The minimum absolute atomic E-state index is 0.0284. The Morgan fingerprint density at radius 2 is 1.90 bits per heavy atom. The molecular weight excluding hydrogens is 388 g/mol. The molecular formula is C22H24N2O4S. The molecule has 0 spiro atoms. The minimum Gasteiger partial charge on any atom is -0.452 e. The van der Waals surface area contributed by atoms with Crippen LogP contribution in [0, 0.1) is 0 Å². The fraction of sp³-hybridized carbons (Fsp3) is 0.318. The Bertz CT molecular complexity index is 914. The lowest BCUT2D eigenvalue weighted by Crippen LogP contribution is -2.39. The molecule has 0 saturated carbocycles. The first-order valence-corrected chi connectivity index (χ1v) is 10.3. The van der Waals surface area contributed by atoms with Crippen molar-refractivity contribution < 1.29 is 19.1 Å². The molecule has 1 aliphatic heterocycles. The number of benzene rings is 2. The van der Waals surface area contributed by atoms with Crippen LogP contribution < -0.4 is 5.32 Å². The van der Waals surface area contributed by atoms with Crippen LogP contribution in [0.1, 0.15) is 36.7 Å². The lowest BCUT2D eigenvalue weighted by molar-refractivity contribution is -0.137. The van der Waals surface area contributed by atoms with E-state index < -0.39 is 5.97 Å². The monoisotopic (exact) mass is 412 g/mol. The van der Waals surface area contributed by atoms with Gasteiger partial charge in [-0.15, -0.1) is 11.8 Å². The van der Waals surface area contributed by atoms with Crippen LogP contribution in [0.15, 0.2) is 53.4 Å². The number of nitrogens with zero attached hydrogens (tertiary/aromatic N) is 1. The number of carbonyl (C=O) groups excluding carboxylic acids is 3. The molecule has 152 valence electrons. The highest BCUT2D eigenvalue weighted by atomic mass is 32.2. The third kappa shape index (κ3) is 5.17. The van der Waals surface area contributed by atoms with Crippen molar-refractivity contribution in [3.05, 3.63) is 59.7 Å². The van der Waals surface area contributed by atoms with E-state index in [2.05, 4.69) is 5.32 Å². The fourth-order valence-electron chi connectivity index (χ4n) is 2.97. The van der Waals surface area contributed by atoms with Gasteiger partial charge in [0.05, 0.1) is 16.5 Å². The molecule has 29 heavy (non-hydrogen) atoms. The average Bonchev–Trinajstić information content (AvgIpc) is 2.71. The Hall–Kier alpha value is -2.80. The van der Waals surface area contributed by atoms with Crippen LogP contribution in [0.3, 0.4) is 0 Å². The van der Waals surface area contributed by atoms with Crippen LogP contribution in [0.25, 0.3) is 0 Å². The first kappa shape index (κ1) is 20.9. The van der Waals surface area contributed by atoms with E-state index in [1.807, 2.05) is 51.1 Å². The zero-order chi connectivity index (χ0) is 21.0. The maximum Gasteiger partial charge on any atom is 0.338 e. The Morgan fingerprint density at radius 1 is 1.17 bits per heavy atom.